The van der Waals surface area contributed by atoms with Crippen LogP contribution >= 0.6 is 15.9 Å². The SMILES string of the molecule is O=C(O)c1ccc(Br)cc1NC1COc2ccccc21. The number of carboxylic acid groups (broad SMARTS) is 1. The zero-order valence-corrected chi connectivity index (χ0v) is 12.1. The fourth-order valence-electron chi connectivity index (χ4n) is 2.29. The summed E-state index contributed by atoms with van der Waals surface area (Å²) in [4.78, 5) is 11.3. The molecule has 0 bridgehead atoms. The molecule has 0 amide bonds. The number of ether oxygens (including phenoxy) is 1. The number of benzene rings is 2. The van der Waals surface area contributed by atoms with Gasteiger partial charge in [-0.15, -0.1) is 0 Å². The van der Waals surface area contributed by atoms with Crippen molar-refractivity contribution in [3.8, 4) is 5.75 Å². The van der Waals surface area contributed by atoms with Crippen molar-refractivity contribution in [2.24, 2.45) is 0 Å². The van der Waals surface area contributed by atoms with Crippen LogP contribution in [-0.2, 0) is 0 Å². The Morgan fingerprint density at radius 1 is 1.30 bits per heavy atom. The first-order valence-electron chi connectivity index (χ1n) is 6.16. The molecule has 1 aliphatic heterocycles. The Balaban J connectivity index is 1.93. The Bertz CT molecular complexity index is 672. The van der Waals surface area contributed by atoms with Gasteiger partial charge in [-0.1, -0.05) is 34.1 Å². The third kappa shape index (κ3) is 2.36. The van der Waals surface area contributed by atoms with Crippen molar-refractivity contribution in [1.82, 2.24) is 0 Å². The lowest BCUT2D eigenvalue weighted by atomic mass is 10.1. The molecule has 1 atom stereocenters. The van der Waals surface area contributed by atoms with Gasteiger partial charge in [-0.2, -0.15) is 0 Å². The van der Waals surface area contributed by atoms with Crippen LogP contribution in [0, 0.1) is 0 Å². The summed E-state index contributed by atoms with van der Waals surface area (Å²) in [6, 6.07) is 12.8. The van der Waals surface area contributed by atoms with Crippen molar-refractivity contribution in [1.29, 1.82) is 0 Å². The van der Waals surface area contributed by atoms with Crippen LogP contribution in [0.3, 0.4) is 0 Å². The number of hydrogen-bond donors (Lipinski definition) is 2. The van der Waals surface area contributed by atoms with Crippen molar-refractivity contribution in [2.75, 3.05) is 11.9 Å². The van der Waals surface area contributed by atoms with Crippen molar-refractivity contribution >= 4 is 27.6 Å². The van der Waals surface area contributed by atoms with E-state index in [4.69, 9.17) is 4.74 Å². The lowest BCUT2D eigenvalue weighted by Crippen LogP contribution is -2.14. The molecule has 4 nitrogen and oxygen atoms in total. The third-order valence-electron chi connectivity index (χ3n) is 3.24. The number of nitrogens with one attached hydrogen (secondary N) is 1. The first-order chi connectivity index (χ1) is 9.65. The number of aromatic carboxylic acids is 1. The van der Waals surface area contributed by atoms with Crippen LogP contribution < -0.4 is 10.1 Å². The van der Waals surface area contributed by atoms with Crippen LogP contribution in [0.15, 0.2) is 46.9 Å². The van der Waals surface area contributed by atoms with E-state index in [1.807, 2.05) is 24.3 Å². The molecule has 0 saturated carbocycles. The molecule has 20 heavy (non-hydrogen) atoms. The Kier molecular flexibility index (Phi) is 3.36. The Morgan fingerprint density at radius 2 is 2.10 bits per heavy atom. The van der Waals surface area contributed by atoms with Crippen LogP contribution in [0.4, 0.5) is 5.69 Å². The zero-order chi connectivity index (χ0) is 14.1. The van der Waals surface area contributed by atoms with E-state index in [0.29, 0.717) is 12.3 Å². The number of rotatable bonds is 3. The Morgan fingerprint density at radius 3 is 2.90 bits per heavy atom. The molecule has 2 aromatic rings. The number of carboxylic acids is 1. The number of hydrogen-bond acceptors (Lipinski definition) is 3. The fraction of sp³-hybridized carbons (Fsp3) is 0.133. The highest BCUT2D eigenvalue weighted by Crippen LogP contribution is 2.35. The van der Waals surface area contributed by atoms with Gasteiger partial charge in [-0.25, -0.2) is 4.79 Å². The van der Waals surface area contributed by atoms with E-state index in [1.165, 1.54) is 0 Å². The van der Waals surface area contributed by atoms with E-state index in [1.54, 1.807) is 18.2 Å². The Hall–Kier alpha value is -2.01. The number of carbonyl (C=O) groups is 1. The molecule has 3 rings (SSSR count). The van der Waals surface area contributed by atoms with E-state index in [0.717, 1.165) is 15.8 Å². The fourth-order valence-corrected chi connectivity index (χ4v) is 2.65. The van der Waals surface area contributed by atoms with Gasteiger partial charge in [-0.05, 0) is 24.3 Å². The van der Waals surface area contributed by atoms with Crippen molar-refractivity contribution in [2.45, 2.75) is 6.04 Å². The molecule has 102 valence electrons. The van der Waals surface area contributed by atoms with E-state index in [-0.39, 0.29) is 11.6 Å². The molecule has 0 saturated heterocycles. The zero-order valence-electron chi connectivity index (χ0n) is 10.5. The lowest BCUT2D eigenvalue weighted by molar-refractivity contribution is 0.0698. The second-order valence-electron chi connectivity index (χ2n) is 4.54. The van der Waals surface area contributed by atoms with Gasteiger partial charge in [0.05, 0.1) is 17.3 Å². The molecule has 2 N–H and O–H groups in total. The van der Waals surface area contributed by atoms with Crippen LogP contribution in [0.25, 0.3) is 0 Å². The molecule has 2 aromatic carbocycles. The highest BCUT2D eigenvalue weighted by Gasteiger charge is 2.24. The van der Waals surface area contributed by atoms with Crippen molar-refractivity contribution in [3.05, 3.63) is 58.1 Å². The standard InChI is InChI=1S/C15H12BrNO3/c16-9-5-6-11(15(18)19)12(7-9)17-13-8-20-14-4-2-1-3-10(13)14/h1-7,13,17H,8H2,(H,18,19). The lowest BCUT2D eigenvalue weighted by Gasteiger charge is -2.15. The summed E-state index contributed by atoms with van der Waals surface area (Å²) < 4.78 is 6.42. The maximum atomic E-state index is 11.3. The largest absolute Gasteiger partial charge is 0.491 e. The summed E-state index contributed by atoms with van der Waals surface area (Å²) in [5.74, 6) is -0.107. The molecule has 0 fully saturated rings. The Labute approximate surface area is 124 Å². The van der Waals surface area contributed by atoms with Gasteiger partial charge in [0.2, 0.25) is 0 Å². The topological polar surface area (TPSA) is 58.6 Å². The summed E-state index contributed by atoms with van der Waals surface area (Å²) in [5, 5.41) is 12.5. The second-order valence-corrected chi connectivity index (χ2v) is 5.46. The first kappa shape index (κ1) is 13.0. The van der Waals surface area contributed by atoms with Gasteiger partial charge in [0.25, 0.3) is 0 Å². The van der Waals surface area contributed by atoms with Crippen LogP contribution in [0.2, 0.25) is 0 Å². The average Bonchev–Trinajstić information content (AvgIpc) is 2.82. The smallest absolute Gasteiger partial charge is 0.337 e. The molecule has 1 aliphatic rings. The minimum absolute atomic E-state index is 0.0430. The molecular formula is C15H12BrNO3. The van der Waals surface area contributed by atoms with E-state index < -0.39 is 5.97 Å². The van der Waals surface area contributed by atoms with Gasteiger partial charge < -0.3 is 15.2 Å². The third-order valence-corrected chi connectivity index (χ3v) is 3.73. The summed E-state index contributed by atoms with van der Waals surface area (Å²) in [7, 11) is 0. The first-order valence-corrected chi connectivity index (χ1v) is 6.95. The number of para-hydroxylation sites is 1. The summed E-state index contributed by atoms with van der Waals surface area (Å²) >= 11 is 3.36. The molecule has 0 spiro atoms. The predicted octanol–water partition coefficient (Wildman–Crippen LogP) is 3.69. The second kappa shape index (κ2) is 5.17. The monoisotopic (exact) mass is 333 g/mol. The van der Waals surface area contributed by atoms with E-state index in [9.17, 15) is 9.90 Å². The molecule has 0 radical (unpaired) electrons. The summed E-state index contributed by atoms with van der Waals surface area (Å²) in [6.07, 6.45) is 0. The summed E-state index contributed by atoms with van der Waals surface area (Å²) in [6.45, 7) is 0.491. The minimum atomic E-state index is -0.952. The van der Waals surface area contributed by atoms with Gasteiger partial charge >= 0.3 is 5.97 Å². The highest BCUT2D eigenvalue weighted by molar-refractivity contribution is 9.10. The van der Waals surface area contributed by atoms with E-state index in [2.05, 4.69) is 21.2 Å². The van der Waals surface area contributed by atoms with Gasteiger partial charge in [0, 0.05) is 10.0 Å². The van der Waals surface area contributed by atoms with Crippen LogP contribution in [0.1, 0.15) is 22.0 Å². The molecule has 0 aromatic heterocycles. The average molecular weight is 334 g/mol. The van der Waals surface area contributed by atoms with Crippen molar-refractivity contribution in [3.63, 3.8) is 0 Å². The summed E-state index contributed by atoms with van der Waals surface area (Å²) in [5.41, 5.74) is 1.87. The number of halogens is 1. The van der Waals surface area contributed by atoms with Gasteiger partial charge in [-0.3, -0.25) is 0 Å². The quantitative estimate of drug-likeness (QED) is 0.899. The van der Waals surface area contributed by atoms with Gasteiger partial charge in [0.15, 0.2) is 0 Å². The number of fused-ring (bicyclic) bond motifs is 1. The van der Waals surface area contributed by atoms with Crippen LogP contribution in [-0.4, -0.2) is 17.7 Å². The molecule has 5 heteroatoms. The maximum Gasteiger partial charge on any atom is 0.337 e. The van der Waals surface area contributed by atoms with Gasteiger partial charge in [0.1, 0.15) is 12.4 Å². The predicted molar refractivity (Wildman–Crippen MR) is 79.4 cm³/mol. The van der Waals surface area contributed by atoms with Crippen LogP contribution in [0.5, 0.6) is 5.75 Å². The van der Waals surface area contributed by atoms with Crippen molar-refractivity contribution < 1.29 is 14.6 Å². The maximum absolute atomic E-state index is 11.3. The highest BCUT2D eigenvalue weighted by atomic mass is 79.9. The molecular weight excluding hydrogens is 322 g/mol. The number of anilines is 1. The molecule has 0 aliphatic carbocycles. The van der Waals surface area contributed by atoms with E-state index >= 15 is 0 Å². The molecule has 1 unspecified atom stereocenters. The minimum Gasteiger partial charge on any atom is -0.491 e. The molecule has 1 heterocycles. The normalized spacial score (nSPS) is 16.4.